The molecule has 9 nitrogen and oxygen atoms in total. The van der Waals surface area contributed by atoms with Gasteiger partial charge in [-0.1, -0.05) is 11.3 Å². The maximum atomic E-state index is 13.6. The second-order valence-electron chi connectivity index (χ2n) is 8.13. The van der Waals surface area contributed by atoms with E-state index in [1.807, 2.05) is 24.3 Å². The van der Waals surface area contributed by atoms with Gasteiger partial charge in [0.1, 0.15) is 11.5 Å². The minimum absolute atomic E-state index is 0.190. The second kappa shape index (κ2) is 10.2. The predicted molar refractivity (Wildman–Crippen MR) is 142 cm³/mol. The second-order valence-corrected chi connectivity index (χ2v) is 9.14. The van der Waals surface area contributed by atoms with E-state index in [2.05, 4.69) is 10.1 Å². The number of rotatable bonds is 7. The molecule has 0 unspecified atom stereocenters. The zero-order chi connectivity index (χ0) is 25.9. The minimum atomic E-state index is -0.415. The van der Waals surface area contributed by atoms with Gasteiger partial charge in [-0.15, -0.1) is 0 Å². The molecule has 0 atom stereocenters. The number of fused-ring (bicyclic) bond motifs is 1. The molecule has 0 bridgehead atoms. The summed E-state index contributed by atoms with van der Waals surface area (Å²) in [6.45, 7) is 0. The summed E-state index contributed by atoms with van der Waals surface area (Å²) in [5.74, 6) is 0.477. The summed E-state index contributed by atoms with van der Waals surface area (Å²) >= 11 is 1.31. The number of imide groups is 1. The molecule has 0 spiro atoms. The molecule has 3 amide bonds. The summed E-state index contributed by atoms with van der Waals surface area (Å²) in [5.41, 5.74) is 2.23. The Labute approximate surface area is 216 Å². The lowest BCUT2D eigenvalue weighted by Crippen LogP contribution is -2.29. The van der Waals surface area contributed by atoms with Crippen LogP contribution in [-0.2, 0) is 9.59 Å². The standard InChI is InChI=1S/C27H22N4O5S/c1-35-20-9-3-17(4-10-20)16-28-31(27-29-22-12-11-21(36-2)15-23(22)37-27)26(34)18-5-7-19(8-6-18)30-24(32)13-14-25(30)33/h3-12,15-16H,13-14H2,1-2H3/b28-16+. The van der Waals surface area contributed by atoms with E-state index in [4.69, 9.17) is 9.47 Å². The summed E-state index contributed by atoms with van der Waals surface area (Å²) in [5, 5.41) is 6.09. The number of aromatic nitrogens is 1. The highest BCUT2D eigenvalue weighted by Crippen LogP contribution is 2.33. The maximum absolute atomic E-state index is 13.6. The lowest BCUT2D eigenvalue weighted by molar-refractivity contribution is -0.121. The Morgan fingerprint density at radius 1 is 0.946 bits per heavy atom. The number of thiazole rings is 1. The molecule has 3 aromatic carbocycles. The van der Waals surface area contributed by atoms with Crippen molar-refractivity contribution in [1.29, 1.82) is 0 Å². The van der Waals surface area contributed by atoms with Crippen molar-refractivity contribution in [2.45, 2.75) is 12.8 Å². The number of benzene rings is 3. The van der Waals surface area contributed by atoms with E-state index in [1.165, 1.54) is 16.3 Å². The van der Waals surface area contributed by atoms with E-state index in [0.29, 0.717) is 33.4 Å². The molecule has 0 saturated carbocycles. The van der Waals surface area contributed by atoms with Crippen molar-refractivity contribution in [3.05, 3.63) is 77.9 Å². The SMILES string of the molecule is COc1ccc(/C=N/N(C(=O)c2ccc(N3C(=O)CCC3=O)cc2)c2nc3ccc(OC)cc3s2)cc1. The molecular weight excluding hydrogens is 492 g/mol. The Bertz CT molecular complexity index is 1500. The van der Waals surface area contributed by atoms with Crippen LogP contribution in [0.4, 0.5) is 10.8 Å². The van der Waals surface area contributed by atoms with Gasteiger partial charge in [0.15, 0.2) is 0 Å². The molecule has 1 aromatic heterocycles. The number of ether oxygens (including phenoxy) is 2. The molecule has 1 aliphatic heterocycles. The molecular formula is C27H22N4O5S. The van der Waals surface area contributed by atoms with Crippen molar-refractivity contribution in [3.63, 3.8) is 0 Å². The van der Waals surface area contributed by atoms with Crippen LogP contribution in [0.3, 0.4) is 0 Å². The average molecular weight is 515 g/mol. The van der Waals surface area contributed by atoms with Crippen LogP contribution in [0.15, 0.2) is 71.8 Å². The van der Waals surface area contributed by atoms with E-state index in [1.54, 1.807) is 62.9 Å². The van der Waals surface area contributed by atoms with Crippen LogP contribution in [0, 0.1) is 0 Å². The summed E-state index contributed by atoms with van der Waals surface area (Å²) in [6.07, 6.45) is 1.95. The Morgan fingerprint density at radius 3 is 2.24 bits per heavy atom. The van der Waals surface area contributed by atoms with Crippen molar-refractivity contribution < 1.29 is 23.9 Å². The van der Waals surface area contributed by atoms with Crippen LogP contribution in [0.1, 0.15) is 28.8 Å². The van der Waals surface area contributed by atoms with Crippen LogP contribution >= 0.6 is 11.3 Å². The normalized spacial score (nSPS) is 13.5. The summed E-state index contributed by atoms with van der Waals surface area (Å²) in [4.78, 5) is 43.5. The largest absolute Gasteiger partial charge is 0.497 e. The first-order valence-electron chi connectivity index (χ1n) is 11.4. The molecule has 0 N–H and O–H groups in total. The third-order valence-corrected chi connectivity index (χ3v) is 6.81. The number of nitrogens with zero attached hydrogens (tertiary/aromatic N) is 4. The number of anilines is 2. The van der Waals surface area contributed by atoms with Crippen molar-refractivity contribution in [3.8, 4) is 11.5 Å². The van der Waals surface area contributed by atoms with Gasteiger partial charge < -0.3 is 9.47 Å². The van der Waals surface area contributed by atoms with E-state index >= 15 is 0 Å². The molecule has 1 fully saturated rings. The average Bonchev–Trinajstić information content (AvgIpc) is 3.50. The van der Waals surface area contributed by atoms with Crippen molar-refractivity contribution >= 4 is 56.3 Å². The smallest absolute Gasteiger partial charge is 0.280 e. The molecule has 2 heterocycles. The Morgan fingerprint density at radius 2 is 1.59 bits per heavy atom. The van der Waals surface area contributed by atoms with Crippen LogP contribution in [-0.4, -0.2) is 43.1 Å². The zero-order valence-corrected chi connectivity index (χ0v) is 20.9. The molecule has 0 radical (unpaired) electrons. The number of hydrazone groups is 1. The summed E-state index contributed by atoms with van der Waals surface area (Å²) in [6, 6.07) is 19.1. The maximum Gasteiger partial charge on any atom is 0.280 e. The van der Waals surface area contributed by atoms with Gasteiger partial charge in [-0.25, -0.2) is 4.98 Å². The zero-order valence-electron chi connectivity index (χ0n) is 20.1. The third kappa shape index (κ3) is 4.91. The molecule has 1 saturated heterocycles. The van der Waals surface area contributed by atoms with Crippen molar-refractivity contribution in [2.75, 3.05) is 24.1 Å². The van der Waals surface area contributed by atoms with Gasteiger partial charge in [0.25, 0.3) is 5.91 Å². The lowest BCUT2D eigenvalue weighted by Gasteiger charge is -2.16. The van der Waals surface area contributed by atoms with Gasteiger partial charge in [-0.2, -0.15) is 10.1 Å². The van der Waals surface area contributed by atoms with E-state index in [-0.39, 0.29) is 24.7 Å². The molecule has 186 valence electrons. The molecule has 0 aliphatic carbocycles. The minimum Gasteiger partial charge on any atom is -0.497 e. The quantitative estimate of drug-likeness (QED) is 0.202. The highest BCUT2D eigenvalue weighted by Gasteiger charge is 2.30. The number of methoxy groups -OCH3 is 2. The molecule has 5 rings (SSSR count). The Balaban J connectivity index is 1.49. The highest BCUT2D eigenvalue weighted by molar-refractivity contribution is 7.22. The fraction of sp³-hybridized carbons (Fsp3) is 0.148. The highest BCUT2D eigenvalue weighted by atomic mass is 32.1. The number of hydrogen-bond acceptors (Lipinski definition) is 8. The first-order valence-corrected chi connectivity index (χ1v) is 12.2. The van der Waals surface area contributed by atoms with Crippen molar-refractivity contribution in [1.82, 2.24) is 4.98 Å². The van der Waals surface area contributed by atoms with Crippen LogP contribution in [0.2, 0.25) is 0 Å². The first kappa shape index (κ1) is 24.1. The van der Waals surface area contributed by atoms with Crippen molar-refractivity contribution in [2.24, 2.45) is 5.10 Å². The molecule has 37 heavy (non-hydrogen) atoms. The van der Waals surface area contributed by atoms with Gasteiger partial charge in [0.2, 0.25) is 16.9 Å². The Kier molecular flexibility index (Phi) is 6.65. The summed E-state index contributed by atoms with van der Waals surface area (Å²) in [7, 11) is 3.18. The van der Waals surface area contributed by atoms with Gasteiger partial charge in [-0.3, -0.25) is 19.3 Å². The third-order valence-electron chi connectivity index (χ3n) is 5.82. The van der Waals surface area contributed by atoms with E-state index < -0.39 is 5.91 Å². The number of amides is 3. The van der Waals surface area contributed by atoms with Gasteiger partial charge in [0.05, 0.1) is 36.3 Å². The number of hydrogen-bond donors (Lipinski definition) is 0. The fourth-order valence-electron chi connectivity index (χ4n) is 3.85. The molecule has 4 aromatic rings. The fourth-order valence-corrected chi connectivity index (χ4v) is 4.80. The predicted octanol–water partition coefficient (Wildman–Crippen LogP) is 4.65. The van der Waals surface area contributed by atoms with Crippen LogP contribution < -0.4 is 19.4 Å². The van der Waals surface area contributed by atoms with Crippen LogP contribution in [0.5, 0.6) is 11.5 Å². The molecule has 1 aliphatic rings. The molecule has 10 heteroatoms. The van der Waals surface area contributed by atoms with E-state index in [9.17, 15) is 14.4 Å². The number of carbonyl (C=O) groups excluding carboxylic acids is 3. The van der Waals surface area contributed by atoms with Gasteiger partial charge in [-0.05, 0) is 72.3 Å². The number of carbonyl (C=O) groups is 3. The van der Waals surface area contributed by atoms with E-state index in [0.717, 1.165) is 15.2 Å². The first-order chi connectivity index (χ1) is 18.0. The summed E-state index contributed by atoms with van der Waals surface area (Å²) < 4.78 is 11.3. The Hall–Kier alpha value is -4.57. The topological polar surface area (TPSA) is 101 Å². The van der Waals surface area contributed by atoms with Gasteiger partial charge >= 0.3 is 0 Å². The lowest BCUT2D eigenvalue weighted by atomic mass is 10.2. The van der Waals surface area contributed by atoms with Gasteiger partial charge in [0, 0.05) is 18.4 Å². The monoisotopic (exact) mass is 514 g/mol. The van der Waals surface area contributed by atoms with Crippen LogP contribution in [0.25, 0.3) is 10.2 Å².